The van der Waals surface area contributed by atoms with E-state index in [4.69, 9.17) is 0 Å². The molecular formula is C8H10N3S. The van der Waals surface area contributed by atoms with E-state index in [1.165, 1.54) is 5.75 Å². The van der Waals surface area contributed by atoms with Crippen molar-refractivity contribution >= 4 is 11.8 Å². The Balaban J connectivity index is 2.08. The number of nitrogens with one attached hydrogen (secondary N) is 1. The highest BCUT2D eigenvalue weighted by Gasteiger charge is 2.15. The van der Waals surface area contributed by atoms with Crippen LogP contribution in [0.2, 0.25) is 0 Å². The molecule has 1 atom stereocenters. The van der Waals surface area contributed by atoms with Gasteiger partial charge in [-0.1, -0.05) is 0 Å². The topological polar surface area (TPSA) is 37.8 Å². The van der Waals surface area contributed by atoms with E-state index in [0.717, 1.165) is 18.7 Å². The van der Waals surface area contributed by atoms with Crippen molar-refractivity contribution in [1.29, 1.82) is 0 Å². The third-order valence-corrected chi connectivity index (χ3v) is 3.09. The van der Waals surface area contributed by atoms with Gasteiger partial charge in [-0.2, -0.15) is 16.9 Å². The van der Waals surface area contributed by atoms with E-state index in [1.807, 2.05) is 17.8 Å². The molecule has 1 fully saturated rings. The minimum Gasteiger partial charge on any atom is -0.314 e. The number of nitrogens with zero attached hydrogens (tertiary/aromatic N) is 2. The van der Waals surface area contributed by atoms with Crippen molar-refractivity contribution in [1.82, 2.24) is 15.5 Å². The summed E-state index contributed by atoms with van der Waals surface area (Å²) >= 11 is 1.95. The summed E-state index contributed by atoms with van der Waals surface area (Å²) < 4.78 is 0. The molecule has 1 N–H and O–H groups in total. The van der Waals surface area contributed by atoms with Gasteiger partial charge in [0.1, 0.15) is 6.20 Å². The predicted octanol–water partition coefficient (Wildman–Crippen LogP) is 0.654. The maximum absolute atomic E-state index is 3.74. The highest BCUT2D eigenvalue weighted by atomic mass is 32.2. The van der Waals surface area contributed by atoms with Crippen molar-refractivity contribution in [3.05, 3.63) is 24.0 Å². The lowest BCUT2D eigenvalue weighted by Gasteiger charge is -2.21. The molecule has 12 heavy (non-hydrogen) atoms. The molecule has 3 nitrogen and oxygen atoms in total. The first-order valence-corrected chi connectivity index (χ1v) is 5.03. The van der Waals surface area contributed by atoms with Gasteiger partial charge >= 0.3 is 0 Å². The Morgan fingerprint density at radius 1 is 1.67 bits per heavy atom. The van der Waals surface area contributed by atoms with Gasteiger partial charge in [0.05, 0.1) is 0 Å². The van der Waals surface area contributed by atoms with E-state index >= 15 is 0 Å². The summed E-state index contributed by atoms with van der Waals surface area (Å²) in [4.78, 5) is 0. The third kappa shape index (κ3) is 1.76. The molecule has 1 saturated heterocycles. The van der Waals surface area contributed by atoms with Crippen LogP contribution in [0.1, 0.15) is 10.8 Å². The van der Waals surface area contributed by atoms with Crippen LogP contribution in [0, 0.1) is 6.20 Å². The zero-order valence-corrected chi connectivity index (χ0v) is 7.47. The van der Waals surface area contributed by atoms with Crippen LogP contribution in [0.5, 0.6) is 0 Å². The van der Waals surface area contributed by atoms with E-state index in [1.54, 1.807) is 6.20 Å². The average Bonchev–Trinajstić information content (AvgIpc) is 2.21. The summed E-state index contributed by atoms with van der Waals surface area (Å²) in [6.07, 6.45) is 4.64. The van der Waals surface area contributed by atoms with Crippen molar-refractivity contribution < 1.29 is 0 Å². The molecule has 2 rings (SSSR count). The van der Waals surface area contributed by atoms with Crippen LogP contribution in [0.4, 0.5) is 0 Å². The maximum atomic E-state index is 3.74. The van der Waals surface area contributed by atoms with Gasteiger partial charge in [-0.15, -0.1) is 5.10 Å². The summed E-state index contributed by atoms with van der Waals surface area (Å²) in [6.45, 7) is 2.13. The molecule has 1 aliphatic heterocycles. The molecule has 1 aromatic heterocycles. The molecule has 63 valence electrons. The monoisotopic (exact) mass is 180 g/mol. The first-order valence-electron chi connectivity index (χ1n) is 3.98. The molecule has 2 heterocycles. The Hall–Kier alpha value is -0.610. The molecule has 0 spiro atoms. The smallest absolute Gasteiger partial charge is 0.118 e. The second kappa shape index (κ2) is 3.87. The summed E-state index contributed by atoms with van der Waals surface area (Å²) in [5.74, 6) is 1.17. The van der Waals surface area contributed by atoms with Crippen molar-refractivity contribution in [3.8, 4) is 0 Å². The average molecular weight is 180 g/mol. The lowest BCUT2D eigenvalue weighted by atomic mass is 10.2. The minimum absolute atomic E-state index is 0.509. The van der Waals surface area contributed by atoms with E-state index in [-0.39, 0.29) is 0 Å². The fraction of sp³-hybridized carbons (Fsp3) is 0.500. The molecule has 1 aliphatic rings. The maximum Gasteiger partial charge on any atom is 0.118 e. The highest BCUT2D eigenvalue weighted by Crippen LogP contribution is 2.28. The minimum atomic E-state index is 0.509. The van der Waals surface area contributed by atoms with Crippen LogP contribution in [0.25, 0.3) is 0 Å². The van der Waals surface area contributed by atoms with Crippen molar-refractivity contribution in [2.24, 2.45) is 0 Å². The number of hydrogen-bond donors (Lipinski definition) is 1. The quantitative estimate of drug-likeness (QED) is 0.688. The predicted molar refractivity (Wildman–Crippen MR) is 48.9 cm³/mol. The number of rotatable bonds is 1. The van der Waals surface area contributed by atoms with Crippen molar-refractivity contribution in [2.75, 3.05) is 18.8 Å². The third-order valence-electron chi connectivity index (χ3n) is 1.83. The van der Waals surface area contributed by atoms with E-state index in [0.29, 0.717) is 5.25 Å². The van der Waals surface area contributed by atoms with E-state index in [2.05, 4.69) is 21.7 Å². The summed E-state index contributed by atoms with van der Waals surface area (Å²) in [5.41, 5.74) is 1.15. The van der Waals surface area contributed by atoms with Crippen LogP contribution < -0.4 is 5.32 Å². The Kier molecular flexibility index (Phi) is 2.58. The van der Waals surface area contributed by atoms with Crippen LogP contribution in [-0.2, 0) is 0 Å². The largest absolute Gasteiger partial charge is 0.314 e. The standard InChI is InChI=1S/C8H10N3S/c1-2-10-11-5-7(1)8-6-9-3-4-12-8/h1-2,8-9H,3-4,6H2. The molecule has 0 saturated carbocycles. The molecule has 1 radical (unpaired) electrons. The van der Waals surface area contributed by atoms with Gasteiger partial charge in [-0.05, 0) is 11.6 Å². The Labute approximate surface area is 76.0 Å². The Morgan fingerprint density at radius 2 is 2.67 bits per heavy atom. The van der Waals surface area contributed by atoms with Gasteiger partial charge in [0.15, 0.2) is 0 Å². The second-order valence-corrected chi connectivity index (χ2v) is 3.97. The van der Waals surface area contributed by atoms with Crippen molar-refractivity contribution in [2.45, 2.75) is 5.25 Å². The number of aromatic nitrogens is 2. The first-order chi connectivity index (χ1) is 5.97. The van der Waals surface area contributed by atoms with Gasteiger partial charge in [0.25, 0.3) is 0 Å². The van der Waals surface area contributed by atoms with Crippen molar-refractivity contribution in [3.63, 3.8) is 0 Å². The molecular weight excluding hydrogens is 170 g/mol. The highest BCUT2D eigenvalue weighted by molar-refractivity contribution is 7.99. The number of thioether (sulfide) groups is 1. The Morgan fingerprint density at radius 3 is 3.33 bits per heavy atom. The van der Waals surface area contributed by atoms with Crippen LogP contribution in [-0.4, -0.2) is 29.0 Å². The normalized spacial score (nSPS) is 23.8. The van der Waals surface area contributed by atoms with Crippen LogP contribution in [0.3, 0.4) is 0 Å². The zero-order chi connectivity index (χ0) is 8.23. The van der Waals surface area contributed by atoms with Gasteiger partial charge in [-0.3, -0.25) is 0 Å². The zero-order valence-electron chi connectivity index (χ0n) is 6.66. The summed E-state index contributed by atoms with van der Waals surface area (Å²) in [6, 6.07) is 1.98. The van der Waals surface area contributed by atoms with Gasteiger partial charge in [0.2, 0.25) is 0 Å². The molecule has 0 aromatic carbocycles. The van der Waals surface area contributed by atoms with Gasteiger partial charge in [0, 0.05) is 30.3 Å². The lowest BCUT2D eigenvalue weighted by Crippen LogP contribution is -2.28. The molecule has 1 unspecified atom stereocenters. The fourth-order valence-corrected chi connectivity index (χ4v) is 2.31. The molecule has 0 bridgehead atoms. The van der Waals surface area contributed by atoms with E-state index in [9.17, 15) is 0 Å². The molecule has 4 heteroatoms. The lowest BCUT2D eigenvalue weighted by molar-refractivity contribution is 0.686. The SMILES string of the molecule is [c]1nnccc1C1CNCCS1. The second-order valence-electron chi connectivity index (χ2n) is 2.66. The number of hydrogen-bond acceptors (Lipinski definition) is 4. The molecule has 1 aromatic rings. The van der Waals surface area contributed by atoms with E-state index < -0.39 is 0 Å². The fourth-order valence-electron chi connectivity index (χ4n) is 1.22. The van der Waals surface area contributed by atoms with Gasteiger partial charge in [-0.25, -0.2) is 0 Å². The summed E-state index contributed by atoms with van der Waals surface area (Å²) in [5, 5.41) is 11.3. The van der Waals surface area contributed by atoms with Crippen LogP contribution >= 0.6 is 11.8 Å². The Bertz CT molecular complexity index is 233. The van der Waals surface area contributed by atoms with Crippen LogP contribution in [0.15, 0.2) is 12.3 Å². The molecule has 0 aliphatic carbocycles. The molecule has 0 amide bonds. The van der Waals surface area contributed by atoms with Gasteiger partial charge < -0.3 is 5.32 Å². The first kappa shape index (κ1) is 8.01. The summed E-state index contributed by atoms with van der Waals surface area (Å²) in [7, 11) is 0.